The van der Waals surface area contributed by atoms with E-state index < -0.39 is 37.3 Å². The minimum Gasteiger partial charge on any atom is -0.533 e. The predicted octanol–water partition coefficient (Wildman–Crippen LogP) is -2.65. The van der Waals surface area contributed by atoms with Gasteiger partial charge in [0.15, 0.2) is 12.6 Å². The van der Waals surface area contributed by atoms with Crippen molar-refractivity contribution in [1.82, 2.24) is 0 Å². The summed E-state index contributed by atoms with van der Waals surface area (Å²) >= 11 is 0. The quantitative estimate of drug-likeness (QED) is 0.188. The molecule has 0 unspecified atom stereocenters. The van der Waals surface area contributed by atoms with Crippen LogP contribution in [0.5, 0.6) is 0 Å². The Kier molecular flexibility index (Phi) is 4.71. The molecular formula is C6H13O7-. The molecule has 0 rings (SSSR count). The fourth-order valence-electron chi connectivity index (χ4n) is 0.870. The lowest BCUT2D eigenvalue weighted by molar-refractivity contribution is -0.184. The average molecular weight is 197 g/mol. The molecule has 0 atom stereocenters. The molecule has 0 amide bonds. The van der Waals surface area contributed by atoms with E-state index in [2.05, 4.69) is 0 Å². The van der Waals surface area contributed by atoms with E-state index >= 15 is 0 Å². The molecule has 0 fully saturated rings. The van der Waals surface area contributed by atoms with E-state index in [0.717, 1.165) is 0 Å². The molecule has 0 saturated heterocycles. The van der Waals surface area contributed by atoms with Crippen LogP contribution < -0.4 is 0 Å². The summed E-state index contributed by atoms with van der Waals surface area (Å²) in [5, 5.41) is 60.1. The van der Waals surface area contributed by atoms with Crippen molar-refractivity contribution in [1.29, 1.82) is 0 Å². The van der Waals surface area contributed by atoms with Crippen molar-refractivity contribution < 1.29 is 35.7 Å². The van der Waals surface area contributed by atoms with Gasteiger partial charge in [-0.3, -0.25) is 0 Å². The van der Waals surface area contributed by atoms with Crippen LogP contribution in [0.15, 0.2) is 0 Å². The van der Waals surface area contributed by atoms with E-state index in [1.807, 2.05) is 0 Å². The fraction of sp³-hybridized carbons (Fsp3) is 0.833. The summed E-state index contributed by atoms with van der Waals surface area (Å²) < 4.78 is 0. The molecule has 0 heterocycles. The smallest absolute Gasteiger partial charge is 0.151 e. The van der Waals surface area contributed by atoms with Gasteiger partial charge in [-0.1, -0.05) is 6.29 Å². The van der Waals surface area contributed by atoms with E-state index in [1.54, 1.807) is 0 Å². The molecule has 80 valence electrons. The summed E-state index contributed by atoms with van der Waals surface area (Å²) in [7, 11) is 0. The molecule has 13 heavy (non-hydrogen) atoms. The van der Waals surface area contributed by atoms with Crippen LogP contribution in [0.25, 0.3) is 0 Å². The van der Waals surface area contributed by atoms with Crippen molar-refractivity contribution >= 4 is 0 Å². The molecule has 0 aromatic heterocycles. The maximum absolute atomic E-state index is 9.25. The van der Waals surface area contributed by atoms with Crippen LogP contribution in [-0.2, 0) is 0 Å². The van der Waals surface area contributed by atoms with Crippen molar-refractivity contribution in [3.8, 4) is 0 Å². The summed E-state index contributed by atoms with van der Waals surface area (Å²) in [6.07, 6.45) is -7.12. The van der Waals surface area contributed by atoms with Gasteiger partial charge < -0.3 is 35.7 Å². The summed E-state index contributed by atoms with van der Waals surface area (Å²) in [4.78, 5) is 0. The van der Waals surface area contributed by atoms with Crippen LogP contribution in [0.3, 0.4) is 0 Å². The zero-order valence-corrected chi connectivity index (χ0v) is 6.70. The van der Waals surface area contributed by atoms with E-state index in [0.29, 0.717) is 0 Å². The lowest BCUT2D eigenvalue weighted by Crippen LogP contribution is -2.42. The Hall–Kier alpha value is -0.280. The molecule has 0 aromatic rings. The first-order valence-electron chi connectivity index (χ1n) is 3.48. The normalized spacial score (nSPS) is 13.4. The Balaban J connectivity index is 4.34. The van der Waals surface area contributed by atoms with Gasteiger partial charge in [0.2, 0.25) is 0 Å². The van der Waals surface area contributed by atoms with Crippen LogP contribution in [-0.4, -0.2) is 53.9 Å². The second-order valence-corrected chi connectivity index (χ2v) is 2.72. The van der Waals surface area contributed by atoms with Gasteiger partial charge >= 0.3 is 0 Å². The second-order valence-electron chi connectivity index (χ2n) is 2.72. The van der Waals surface area contributed by atoms with Crippen molar-refractivity contribution in [2.45, 2.75) is 31.0 Å². The molecule has 0 spiro atoms. The number of aliphatic hydroxyl groups is 7. The second kappa shape index (κ2) is 4.82. The molecule has 0 aliphatic rings. The summed E-state index contributed by atoms with van der Waals surface area (Å²) in [6, 6.07) is 0. The van der Waals surface area contributed by atoms with Gasteiger partial charge in [0.25, 0.3) is 0 Å². The minimum absolute atomic E-state index is 0.826. The summed E-state index contributed by atoms with van der Waals surface area (Å²) in [5.41, 5.74) is -2.43. The van der Waals surface area contributed by atoms with Crippen molar-refractivity contribution in [3.05, 3.63) is 6.29 Å². The van der Waals surface area contributed by atoms with Crippen LogP contribution >= 0.6 is 0 Å². The standard InChI is InChI=1S/C6H13O7/c7-3(8)1-6(13,5(11)12)2-4(9)10/h3-4,7-13H,1-2H2/q-1. The highest BCUT2D eigenvalue weighted by atomic mass is 16.5. The molecule has 7 heteroatoms. The third kappa shape index (κ3) is 4.48. The van der Waals surface area contributed by atoms with Gasteiger partial charge in [-0.25, -0.2) is 0 Å². The molecule has 0 radical (unpaired) electrons. The highest BCUT2D eigenvalue weighted by Crippen LogP contribution is 2.25. The molecule has 0 saturated carbocycles. The Bertz CT molecular complexity index is 134. The topological polar surface area (TPSA) is 142 Å². The fourth-order valence-corrected chi connectivity index (χ4v) is 0.870. The lowest BCUT2D eigenvalue weighted by atomic mass is 9.94. The minimum atomic E-state index is -2.43. The Morgan fingerprint density at radius 1 is 0.923 bits per heavy atom. The van der Waals surface area contributed by atoms with Crippen molar-refractivity contribution in [2.75, 3.05) is 0 Å². The van der Waals surface area contributed by atoms with E-state index in [4.69, 9.17) is 30.6 Å². The lowest BCUT2D eigenvalue weighted by Gasteiger charge is -2.41. The van der Waals surface area contributed by atoms with Gasteiger partial charge in [0, 0.05) is 18.4 Å². The SMILES string of the molecule is O[C-](O)C(O)(CC(O)O)CC(O)O. The number of rotatable bonds is 5. The first-order valence-corrected chi connectivity index (χ1v) is 3.48. The average Bonchev–Trinajstić information content (AvgIpc) is 1.82. The van der Waals surface area contributed by atoms with Crippen molar-refractivity contribution in [3.63, 3.8) is 0 Å². The summed E-state index contributed by atoms with van der Waals surface area (Å²) in [5.74, 6) is 0. The Labute approximate surface area is 74.1 Å². The van der Waals surface area contributed by atoms with E-state index in [9.17, 15) is 5.11 Å². The van der Waals surface area contributed by atoms with Gasteiger partial charge in [0.05, 0.1) is 0 Å². The monoisotopic (exact) mass is 197 g/mol. The number of hydrogen-bond acceptors (Lipinski definition) is 7. The van der Waals surface area contributed by atoms with Crippen LogP contribution in [0, 0.1) is 6.29 Å². The number of aliphatic hydroxyl groups excluding tert-OH is 3. The maximum atomic E-state index is 9.25. The molecule has 7 nitrogen and oxygen atoms in total. The molecule has 0 aliphatic carbocycles. The third-order valence-corrected chi connectivity index (χ3v) is 1.46. The van der Waals surface area contributed by atoms with Crippen LogP contribution in [0.1, 0.15) is 12.8 Å². The van der Waals surface area contributed by atoms with Gasteiger partial charge in [-0.2, -0.15) is 0 Å². The molecule has 7 N–H and O–H groups in total. The zero-order valence-electron chi connectivity index (χ0n) is 6.70. The highest BCUT2D eigenvalue weighted by Gasteiger charge is 2.29. The first-order chi connectivity index (χ1) is 5.78. The predicted molar refractivity (Wildman–Crippen MR) is 37.7 cm³/mol. The van der Waals surface area contributed by atoms with Gasteiger partial charge in [-0.15, -0.1) is 0 Å². The molecule has 0 aliphatic heterocycles. The summed E-state index contributed by atoms with van der Waals surface area (Å²) in [6.45, 7) is 0. The molecular weight excluding hydrogens is 184 g/mol. The molecule has 0 bridgehead atoms. The Morgan fingerprint density at radius 2 is 1.23 bits per heavy atom. The maximum Gasteiger partial charge on any atom is 0.151 e. The first kappa shape index (κ1) is 12.7. The Morgan fingerprint density at radius 3 is 1.38 bits per heavy atom. The van der Waals surface area contributed by atoms with E-state index in [1.165, 1.54) is 0 Å². The van der Waals surface area contributed by atoms with E-state index in [-0.39, 0.29) is 0 Å². The highest BCUT2D eigenvalue weighted by molar-refractivity contribution is 4.92. The van der Waals surface area contributed by atoms with Crippen LogP contribution in [0.4, 0.5) is 0 Å². The van der Waals surface area contributed by atoms with Crippen LogP contribution in [0.2, 0.25) is 0 Å². The van der Waals surface area contributed by atoms with Gasteiger partial charge in [0.1, 0.15) is 0 Å². The third-order valence-electron chi connectivity index (χ3n) is 1.46. The van der Waals surface area contributed by atoms with Gasteiger partial charge in [-0.05, 0) is 0 Å². The molecule has 0 aromatic carbocycles. The largest absolute Gasteiger partial charge is 0.533 e. The zero-order chi connectivity index (χ0) is 10.6. The van der Waals surface area contributed by atoms with Crippen molar-refractivity contribution in [2.24, 2.45) is 0 Å². The number of hydrogen-bond donors (Lipinski definition) is 7.